The summed E-state index contributed by atoms with van der Waals surface area (Å²) < 4.78 is 19.0. The van der Waals surface area contributed by atoms with Crippen molar-refractivity contribution in [3.05, 3.63) is 94.0 Å². The van der Waals surface area contributed by atoms with Crippen molar-refractivity contribution in [1.29, 1.82) is 0 Å². The Hall–Kier alpha value is -2.53. The zero-order valence-corrected chi connectivity index (χ0v) is 20.5. The van der Waals surface area contributed by atoms with Crippen molar-refractivity contribution < 1.29 is 14.2 Å². The number of hydrogen-bond acceptors (Lipinski definition) is 4. The Morgan fingerprint density at radius 2 is 1.76 bits per heavy atom. The Bertz CT molecular complexity index is 1080. The number of fused-ring (bicyclic) bond motifs is 1. The van der Waals surface area contributed by atoms with Gasteiger partial charge in [0, 0.05) is 29.4 Å². The van der Waals surface area contributed by atoms with E-state index >= 15 is 0 Å². The standard InChI is InChI=1S/C28H32ClNO3/c1-5-31-26-24-16-23(30-17-20-11-9-19(2)10-12-20)13-14-25(24)33-28(3,4)27(26)32-18-21-7-6-8-22(29)15-21/h6-16,26-27,30H,5,17-18H2,1-4H3. The Kier molecular flexibility index (Phi) is 7.28. The van der Waals surface area contributed by atoms with Gasteiger partial charge < -0.3 is 19.5 Å². The predicted octanol–water partition coefficient (Wildman–Crippen LogP) is 7.09. The maximum absolute atomic E-state index is 6.41. The van der Waals surface area contributed by atoms with Gasteiger partial charge in [-0.15, -0.1) is 0 Å². The van der Waals surface area contributed by atoms with Crippen LogP contribution in [0, 0.1) is 6.92 Å². The van der Waals surface area contributed by atoms with Crippen LogP contribution in [-0.2, 0) is 22.6 Å². The first-order chi connectivity index (χ1) is 15.9. The fraction of sp³-hybridized carbons (Fsp3) is 0.357. The van der Waals surface area contributed by atoms with E-state index in [-0.39, 0.29) is 12.2 Å². The third kappa shape index (κ3) is 5.70. The van der Waals surface area contributed by atoms with Gasteiger partial charge in [0.25, 0.3) is 0 Å². The molecule has 5 heteroatoms. The minimum Gasteiger partial charge on any atom is -0.485 e. The van der Waals surface area contributed by atoms with Crippen molar-refractivity contribution in [2.75, 3.05) is 11.9 Å². The zero-order valence-electron chi connectivity index (χ0n) is 19.7. The van der Waals surface area contributed by atoms with E-state index in [2.05, 4.69) is 48.6 Å². The normalized spacial score (nSPS) is 18.9. The van der Waals surface area contributed by atoms with Gasteiger partial charge in [-0.1, -0.05) is 53.6 Å². The van der Waals surface area contributed by atoms with Crippen LogP contribution in [-0.4, -0.2) is 18.3 Å². The summed E-state index contributed by atoms with van der Waals surface area (Å²) in [5.74, 6) is 0.835. The molecular weight excluding hydrogens is 434 g/mol. The number of nitrogens with one attached hydrogen (secondary N) is 1. The van der Waals surface area contributed by atoms with E-state index in [1.807, 2.05) is 51.1 Å². The van der Waals surface area contributed by atoms with Crippen LogP contribution >= 0.6 is 11.6 Å². The lowest BCUT2D eigenvalue weighted by atomic mass is 9.87. The van der Waals surface area contributed by atoms with Gasteiger partial charge in [0.15, 0.2) is 0 Å². The minimum absolute atomic E-state index is 0.242. The SMILES string of the molecule is CCOC1c2cc(NCc3ccc(C)cc3)ccc2OC(C)(C)C1OCc1cccc(Cl)c1. The lowest BCUT2D eigenvalue weighted by molar-refractivity contribution is -0.165. The maximum Gasteiger partial charge on any atom is 0.132 e. The molecule has 1 heterocycles. The minimum atomic E-state index is -0.553. The molecule has 0 saturated heterocycles. The number of aryl methyl sites for hydroxylation is 1. The predicted molar refractivity (Wildman–Crippen MR) is 134 cm³/mol. The number of benzene rings is 3. The Morgan fingerprint density at radius 1 is 0.970 bits per heavy atom. The first-order valence-corrected chi connectivity index (χ1v) is 11.8. The third-order valence-electron chi connectivity index (χ3n) is 5.93. The molecule has 0 radical (unpaired) electrons. The molecule has 3 aromatic rings. The fourth-order valence-electron chi connectivity index (χ4n) is 4.21. The highest BCUT2D eigenvalue weighted by Crippen LogP contribution is 2.44. The first-order valence-electron chi connectivity index (χ1n) is 11.5. The molecule has 0 spiro atoms. The van der Waals surface area contributed by atoms with Crippen LogP contribution in [0.2, 0.25) is 5.02 Å². The molecule has 2 atom stereocenters. The van der Waals surface area contributed by atoms with Crippen LogP contribution in [0.15, 0.2) is 66.7 Å². The average molecular weight is 466 g/mol. The van der Waals surface area contributed by atoms with Crippen LogP contribution < -0.4 is 10.1 Å². The van der Waals surface area contributed by atoms with E-state index in [0.29, 0.717) is 18.2 Å². The molecule has 0 saturated carbocycles. The topological polar surface area (TPSA) is 39.7 Å². The van der Waals surface area contributed by atoms with Gasteiger partial charge in [0.05, 0.1) is 6.61 Å². The van der Waals surface area contributed by atoms with Crippen molar-refractivity contribution in [2.24, 2.45) is 0 Å². The smallest absolute Gasteiger partial charge is 0.132 e. The highest BCUT2D eigenvalue weighted by Gasteiger charge is 2.45. The molecule has 174 valence electrons. The summed E-state index contributed by atoms with van der Waals surface area (Å²) in [4.78, 5) is 0. The molecule has 33 heavy (non-hydrogen) atoms. The molecule has 3 aromatic carbocycles. The Balaban J connectivity index is 1.55. The largest absolute Gasteiger partial charge is 0.485 e. The number of halogens is 1. The number of anilines is 1. The van der Waals surface area contributed by atoms with Gasteiger partial charge in [-0.25, -0.2) is 0 Å². The molecule has 2 unspecified atom stereocenters. The second kappa shape index (κ2) is 10.2. The molecule has 4 rings (SSSR count). The molecule has 1 aliphatic heterocycles. The van der Waals surface area contributed by atoms with E-state index < -0.39 is 5.60 Å². The Morgan fingerprint density at radius 3 is 2.48 bits per heavy atom. The third-order valence-corrected chi connectivity index (χ3v) is 6.17. The summed E-state index contributed by atoms with van der Waals surface area (Å²) in [5, 5.41) is 4.23. The lowest BCUT2D eigenvalue weighted by Gasteiger charge is -2.44. The van der Waals surface area contributed by atoms with Crippen molar-refractivity contribution >= 4 is 17.3 Å². The quantitative estimate of drug-likeness (QED) is 0.385. The molecule has 0 bridgehead atoms. The lowest BCUT2D eigenvalue weighted by Crippen LogP contribution is -2.51. The van der Waals surface area contributed by atoms with E-state index in [1.165, 1.54) is 11.1 Å². The molecular formula is C28H32ClNO3. The second-order valence-corrected chi connectivity index (χ2v) is 9.47. The van der Waals surface area contributed by atoms with E-state index in [9.17, 15) is 0 Å². The number of hydrogen-bond donors (Lipinski definition) is 1. The van der Waals surface area contributed by atoms with Crippen molar-refractivity contribution in [3.8, 4) is 5.75 Å². The second-order valence-electron chi connectivity index (χ2n) is 9.03. The van der Waals surface area contributed by atoms with Crippen LogP contribution in [0.3, 0.4) is 0 Å². The first kappa shape index (κ1) is 23.6. The van der Waals surface area contributed by atoms with Gasteiger partial charge in [-0.3, -0.25) is 0 Å². The molecule has 1 aliphatic rings. The monoisotopic (exact) mass is 465 g/mol. The highest BCUT2D eigenvalue weighted by molar-refractivity contribution is 6.30. The summed E-state index contributed by atoms with van der Waals surface area (Å²) in [6.45, 7) is 9.97. The van der Waals surface area contributed by atoms with E-state index in [4.69, 9.17) is 25.8 Å². The van der Waals surface area contributed by atoms with Crippen molar-refractivity contribution in [3.63, 3.8) is 0 Å². The van der Waals surface area contributed by atoms with E-state index in [0.717, 1.165) is 29.1 Å². The fourth-order valence-corrected chi connectivity index (χ4v) is 4.42. The van der Waals surface area contributed by atoms with Crippen molar-refractivity contribution in [1.82, 2.24) is 0 Å². The summed E-state index contributed by atoms with van der Waals surface area (Å²) in [6.07, 6.45) is -0.523. The molecule has 4 nitrogen and oxygen atoms in total. The van der Waals surface area contributed by atoms with Crippen LogP contribution in [0.1, 0.15) is 49.1 Å². The summed E-state index contributed by atoms with van der Waals surface area (Å²) in [7, 11) is 0. The molecule has 0 aliphatic carbocycles. The average Bonchev–Trinajstić information content (AvgIpc) is 2.78. The van der Waals surface area contributed by atoms with Gasteiger partial charge >= 0.3 is 0 Å². The van der Waals surface area contributed by atoms with Crippen LogP contribution in [0.4, 0.5) is 5.69 Å². The Labute approximate surface area is 201 Å². The number of ether oxygens (including phenoxy) is 3. The summed E-state index contributed by atoms with van der Waals surface area (Å²) in [5.41, 5.74) is 4.99. The molecule has 0 fully saturated rings. The zero-order chi connectivity index (χ0) is 23.4. The van der Waals surface area contributed by atoms with Gasteiger partial charge in [-0.05, 0) is 69.2 Å². The summed E-state index contributed by atoms with van der Waals surface area (Å²) in [6, 6.07) is 22.5. The highest BCUT2D eigenvalue weighted by atomic mass is 35.5. The summed E-state index contributed by atoms with van der Waals surface area (Å²) >= 11 is 6.15. The molecule has 1 N–H and O–H groups in total. The molecule has 0 amide bonds. The van der Waals surface area contributed by atoms with Crippen LogP contribution in [0.25, 0.3) is 0 Å². The van der Waals surface area contributed by atoms with Crippen LogP contribution in [0.5, 0.6) is 5.75 Å². The van der Waals surface area contributed by atoms with Gasteiger partial charge in [0.2, 0.25) is 0 Å². The number of rotatable bonds is 8. The maximum atomic E-state index is 6.41. The van der Waals surface area contributed by atoms with Gasteiger partial charge in [0.1, 0.15) is 23.6 Å². The van der Waals surface area contributed by atoms with E-state index in [1.54, 1.807) is 0 Å². The molecule has 0 aromatic heterocycles. The van der Waals surface area contributed by atoms with Crippen molar-refractivity contribution in [2.45, 2.75) is 58.7 Å². The van der Waals surface area contributed by atoms with Gasteiger partial charge in [-0.2, -0.15) is 0 Å².